The highest BCUT2D eigenvalue weighted by Crippen LogP contribution is 2.27. The summed E-state index contributed by atoms with van der Waals surface area (Å²) in [7, 11) is 0. The molecule has 2 fully saturated rings. The number of carbonyl (C=O) groups is 1. The van der Waals surface area contributed by atoms with Gasteiger partial charge in [-0.2, -0.15) is 0 Å². The van der Waals surface area contributed by atoms with Crippen molar-refractivity contribution in [3.05, 3.63) is 66.1 Å². The van der Waals surface area contributed by atoms with Crippen LogP contribution in [0.5, 0.6) is 0 Å². The molecule has 0 aliphatic carbocycles. The van der Waals surface area contributed by atoms with Crippen LogP contribution in [-0.2, 0) is 11.3 Å². The first kappa shape index (κ1) is 20.0. The molecule has 3 aromatic rings. The molecule has 2 saturated heterocycles. The zero-order valence-corrected chi connectivity index (χ0v) is 17.7. The van der Waals surface area contributed by atoms with Crippen molar-refractivity contribution in [1.82, 2.24) is 25.9 Å². The molecule has 0 radical (unpaired) electrons. The quantitative estimate of drug-likeness (QED) is 0.496. The number of benzene rings is 2. The Kier molecular flexibility index (Phi) is 5.82. The fourth-order valence-corrected chi connectivity index (χ4v) is 4.45. The number of nitrogens with zero attached hydrogens (tertiary/aromatic N) is 1. The molecule has 2 aromatic carbocycles. The first-order valence-electron chi connectivity index (χ1n) is 11.3. The number of aromatic nitrogens is 2. The van der Waals surface area contributed by atoms with Crippen molar-refractivity contribution in [2.45, 2.75) is 44.3 Å². The molecular formula is C25H29N5O. The van der Waals surface area contributed by atoms with Crippen LogP contribution in [0.4, 0.5) is 0 Å². The molecule has 0 bridgehead atoms. The number of carbonyl (C=O) groups excluding carboxylic acids is 1. The van der Waals surface area contributed by atoms with E-state index in [2.05, 4.69) is 69.5 Å². The van der Waals surface area contributed by atoms with E-state index in [-0.39, 0.29) is 11.9 Å². The largest absolute Gasteiger partial charge is 0.351 e. The topological polar surface area (TPSA) is 81.8 Å². The van der Waals surface area contributed by atoms with E-state index in [1.165, 1.54) is 12.0 Å². The van der Waals surface area contributed by atoms with Crippen molar-refractivity contribution in [3.8, 4) is 22.4 Å². The lowest BCUT2D eigenvalue weighted by Gasteiger charge is -2.11. The molecule has 31 heavy (non-hydrogen) atoms. The molecule has 6 nitrogen and oxygen atoms in total. The highest BCUT2D eigenvalue weighted by atomic mass is 16.2. The number of hydrogen-bond donors (Lipinski definition) is 4. The summed E-state index contributed by atoms with van der Waals surface area (Å²) >= 11 is 0. The molecule has 4 N–H and O–H groups in total. The van der Waals surface area contributed by atoms with Gasteiger partial charge in [-0.3, -0.25) is 4.79 Å². The van der Waals surface area contributed by atoms with Crippen molar-refractivity contribution in [2.24, 2.45) is 0 Å². The maximum atomic E-state index is 12.1. The molecule has 0 unspecified atom stereocenters. The van der Waals surface area contributed by atoms with E-state index in [1.54, 1.807) is 0 Å². The van der Waals surface area contributed by atoms with E-state index < -0.39 is 0 Å². The molecule has 0 spiro atoms. The molecule has 2 aliphatic rings. The van der Waals surface area contributed by atoms with Crippen LogP contribution in [0.2, 0.25) is 0 Å². The highest BCUT2D eigenvalue weighted by molar-refractivity contribution is 5.82. The predicted molar refractivity (Wildman–Crippen MR) is 122 cm³/mol. The van der Waals surface area contributed by atoms with Gasteiger partial charge in [0.05, 0.1) is 17.8 Å². The van der Waals surface area contributed by atoms with E-state index in [1.807, 2.05) is 6.20 Å². The zero-order valence-electron chi connectivity index (χ0n) is 17.7. The monoisotopic (exact) mass is 415 g/mol. The molecular weight excluding hydrogens is 386 g/mol. The van der Waals surface area contributed by atoms with Crippen molar-refractivity contribution in [1.29, 1.82) is 0 Å². The number of H-pyrrole nitrogens is 1. The van der Waals surface area contributed by atoms with Gasteiger partial charge in [-0.15, -0.1) is 0 Å². The minimum absolute atomic E-state index is 0.0298. The second kappa shape index (κ2) is 9.04. The van der Waals surface area contributed by atoms with Crippen molar-refractivity contribution >= 4 is 5.91 Å². The van der Waals surface area contributed by atoms with Crippen LogP contribution in [0.25, 0.3) is 22.4 Å². The van der Waals surface area contributed by atoms with Crippen LogP contribution in [0.15, 0.2) is 54.7 Å². The van der Waals surface area contributed by atoms with Gasteiger partial charge in [-0.05, 0) is 55.5 Å². The number of nitrogens with one attached hydrogen (secondary N) is 4. The minimum atomic E-state index is -0.0298. The van der Waals surface area contributed by atoms with Crippen LogP contribution in [0.1, 0.15) is 43.1 Å². The minimum Gasteiger partial charge on any atom is -0.351 e. The average molecular weight is 416 g/mol. The SMILES string of the molecule is O=C(NCc1ccc(-c2ccc(-c3c[nH]c([C@@H]4CCCN4)n3)cc2)cc1)[C@@H]1CCCN1. The van der Waals surface area contributed by atoms with Gasteiger partial charge in [-0.25, -0.2) is 4.98 Å². The third-order valence-corrected chi connectivity index (χ3v) is 6.30. The summed E-state index contributed by atoms with van der Waals surface area (Å²) in [5.74, 6) is 1.13. The zero-order chi connectivity index (χ0) is 21.0. The Bertz CT molecular complexity index is 1010. The fraction of sp³-hybridized carbons (Fsp3) is 0.360. The summed E-state index contributed by atoms with van der Waals surface area (Å²) in [6, 6.07) is 17.2. The van der Waals surface area contributed by atoms with Crippen LogP contribution in [-0.4, -0.2) is 35.0 Å². The van der Waals surface area contributed by atoms with Gasteiger partial charge >= 0.3 is 0 Å². The summed E-state index contributed by atoms with van der Waals surface area (Å²) in [6.07, 6.45) is 6.35. The van der Waals surface area contributed by atoms with Gasteiger partial charge in [-0.1, -0.05) is 48.5 Å². The summed E-state index contributed by atoms with van der Waals surface area (Å²) in [4.78, 5) is 20.3. The van der Waals surface area contributed by atoms with Crippen LogP contribution in [0.3, 0.4) is 0 Å². The Balaban J connectivity index is 1.21. The Morgan fingerprint density at radius 3 is 2.26 bits per heavy atom. The van der Waals surface area contributed by atoms with Gasteiger partial charge in [0.1, 0.15) is 5.82 Å². The lowest BCUT2D eigenvalue weighted by Crippen LogP contribution is -2.39. The second-order valence-corrected chi connectivity index (χ2v) is 8.46. The Morgan fingerprint density at radius 2 is 1.58 bits per heavy atom. The number of rotatable bonds is 6. The smallest absolute Gasteiger partial charge is 0.237 e. The summed E-state index contributed by atoms with van der Waals surface area (Å²) in [6.45, 7) is 2.57. The van der Waals surface area contributed by atoms with Gasteiger partial charge in [0.2, 0.25) is 5.91 Å². The van der Waals surface area contributed by atoms with Crippen molar-refractivity contribution < 1.29 is 4.79 Å². The molecule has 160 valence electrons. The first-order valence-corrected chi connectivity index (χ1v) is 11.3. The average Bonchev–Trinajstić information content (AvgIpc) is 3.59. The maximum absolute atomic E-state index is 12.1. The summed E-state index contributed by atoms with van der Waals surface area (Å²) in [5, 5.41) is 9.75. The fourth-order valence-electron chi connectivity index (χ4n) is 4.45. The Labute approximate surface area is 182 Å². The summed E-state index contributed by atoms with van der Waals surface area (Å²) in [5.41, 5.74) is 5.54. The predicted octanol–water partition coefficient (Wildman–Crippen LogP) is 3.54. The number of aromatic amines is 1. The van der Waals surface area contributed by atoms with Crippen LogP contribution in [0, 0.1) is 0 Å². The van der Waals surface area contributed by atoms with Crippen molar-refractivity contribution in [3.63, 3.8) is 0 Å². The third kappa shape index (κ3) is 4.55. The van der Waals surface area contributed by atoms with Gasteiger partial charge in [0.15, 0.2) is 0 Å². The van der Waals surface area contributed by atoms with Crippen LogP contribution >= 0.6 is 0 Å². The lowest BCUT2D eigenvalue weighted by molar-refractivity contribution is -0.122. The summed E-state index contributed by atoms with van der Waals surface area (Å²) < 4.78 is 0. The Morgan fingerprint density at radius 1 is 0.903 bits per heavy atom. The van der Waals surface area contributed by atoms with Gasteiger partial charge in [0.25, 0.3) is 0 Å². The molecule has 5 rings (SSSR count). The van der Waals surface area contributed by atoms with E-state index >= 15 is 0 Å². The standard InChI is InChI=1S/C25H29N5O/c31-25(22-4-2-14-27-22)29-15-17-5-7-18(8-6-17)19-9-11-20(12-10-19)23-16-28-24(30-23)21-3-1-13-26-21/h5-12,16,21-22,26-27H,1-4,13-15H2,(H,28,30)(H,29,31)/t21-,22-/m0/s1. The number of amides is 1. The molecule has 1 aromatic heterocycles. The van der Waals surface area contributed by atoms with E-state index in [0.717, 1.165) is 60.6 Å². The normalized spacial score (nSPS) is 20.8. The lowest BCUT2D eigenvalue weighted by atomic mass is 10.0. The maximum Gasteiger partial charge on any atom is 0.237 e. The van der Waals surface area contributed by atoms with Gasteiger partial charge < -0.3 is 20.9 Å². The molecule has 6 heteroatoms. The number of imidazole rings is 1. The molecule has 3 heterocycles. The molecule has 1 amide bonds. The number of hydrogen-bond acceptors (Lipinski definition) is 4. The van der Waals surface area contributed by atoms with E-state index in [9.17, 15) is 4.79 Å². The Hall–Kier alpha value is -2.96. The van der Waals surface area contributed by atoms with E-state index in [0.29, 0.717) is 12.6 Å². The molecule has 2 atom stereocenters. The highest BCUT2D eigenvalue weighted by Gasteiger charge is 2.21. The van der Waals surface area contributed by atoms with Gasteiger partial charge in [0, 0.05) is 18.3 Å². The van der Waals surface area contributed by atoms with E-state index in [4.69, 9.17) is 4.98 Å². The van der Waals surface area contributed by atoms with Crippen LogP contribution < -0.4 is 16.0 Å². The third-order valence-electron chi connectivity index (χ3n) is 6.30. The molecule has 2 aliphatic heterocycles. The molecule has 0 saturated carbocycles. The first-order chi connectivity index (χ1) is 15.3. The van der Waals surface area contributed by atoms with Crippen molar-refractivity contribution in [2.75, 3.05) is 13.1 Å². The second-order valence-electron chi connectivity index (χ2n) is 8.46.